The summed E-state index contributed by atoms with van der Waals surface area (Å²) in [5, 5.41) is 13.4. The minimum Gasteiger partial charge on any atom is -0.207 e. The number of sulfonamides is 1. The summed E-state index contributed by atoms with van der Waals surface area (Å²) in [6.07, 6.45) is 0. The number of tetrazole rings is 1. The number of likely N-dealkylation sites (N-methyl/N-ethyl adjacent to an activating group) is 1. The Bertz CT molecular complexity index is 717. The number of H-pyrrole nitrogens is 1. The predicted octanol–water partition coefficient (Wildman–Crippen LogP) is 1.07. The molecule has 114 valence electrons. The van der Waals surface area contributed by atoms with E-state index in [4.69, 9.17) is 0 Å². The standard InChI is InChI=1S/C12H16FN5O2S/c1-8(12-14-16-17-15-12)7-18(3)21(19,20)11-6-4-5-10(13)9(11)2/h4-6,8H,7H2,1-3H3,(H,14,15,16,17)/t8-/m0/s1. The summed E-state index contributed by atoms with van der Waals surface area (Å²) >= 11 is 0. The second kappa shape index (κ2) is 5.86. The van der Waals surface area contributed by atoms with Crippen LogP contribution in [-0.2, 0) is 10.0 Å². The van der Waals surface area contributed by atoms with Crippen molar-refractivity contribution in [3.05, 3.63) is 35.4 Å². The number of hydrogen-bond donors (Lipinski definition) is 1. The van der Waals surface area contributed by atoms with E-state index in [1.807, 2.05) is 0 Å². The lowest BCUT2D eigenvalue weighted by Crippen LogP contribution is -2.31. The summed E-state index contributed by atoms with van der Waals surface area (Å²) in [5.74, 6) is -0.360. The molecule has 0 aliphatic rings. The number of aromatic amines is 1. The largest absolute Gasteiger partial charge is 0.243 e. The van der Waals surface area contributed by atoms with Gasteiger partial charge in [0.15, 0.2) is 5.82 Å². The number of aromatic nitrogens is 4. The highest BCUT2D eigenvalue weighted by atomic mass is 32.2. The van der Waals surface area contributed by atoms with Crippen LogP contribution in [0.2, 0.25) is 0 Å². The van der Waals surface area contributed by atoms with Gasteiger partial charge in [-0.25, -0.2) is 17.1 Å². The molecule has 1 aromatic carbocycles. The summed E-state index contributed by atoms with van der Waals surface area (Å²) in [7, 11) is -2.33. The summed E-state index contributed by atoms with van der Waals surface area (Å²) in [6, 6.07) is 4.01. The number of nitrogens with zero attached hydrogens (tertiary/aromatic N) is 4. The molecule has 2 aromatic rings. The number of hydrogen-bond acceptors (Lipinski definition) is 5. The van der Waals surface area contributed by atoms with Crippen LogP contribution in [0.4, 0.5) is 4.39 Å². The van der Waals surface area contributed by atoms with Gasteiger partial charge >= 0.3 is 0 Å². The van der Waals surface area contributed by atoms with E-state index in [0.717, 1.165) is 4.31 Å². The number of benzene rings is 1. The predicted molar refractivity (Wildman–Crippen MR) is 73.5 cm³/mol. The van der Waals surface area contributed by atoms with Gasteiger partial charge < -0.3 is 0 Å². The van der Waals surface area contributed by atoms with Crippen LogP contribution in [0.3, 0.4) is 0 Å². The Morgan fingerprint density at radius 2 is 2.14 bits per heavy atom. The minimum absolute atomic E-state index is 0.0367. The van der Waals surface area contributed by atoms with Crippen molar-refractivity contribution >= 4 is 10.0 Å². The van der Waals surface area contributed by atoms with Crippen LogP contribution in [0.1, 0.15) is 24.2 Å². The first kappa shape index (κ1) is 15.5. The lowest BCUT2D eigenvalue weighted by molar-refractivity contribution is 0.438. The SMILES string of the molecule is Cc1c(F)cccc1S(=O)(=O)N(C)C[C@H](C)c1nn[nH]n1. The monoisotopic (exact) mass is 313 g/mol. The topological polar surface area (TPSA) is 91.8 Å². The minimum atomic E-state index is -3.77. The van der Waals surface area contributed by atoms with E-state index in [9.17, 15) is 12.8 Å². The number of halogens is 1. The zero-order chi connectivity index (χ0) is 15.6. The zero-order valence-corrected chi connectivity index (χ0v) is 12.7. The third-order valence-corrected chi connectivity index (χ3v) is 5.21. The fourth-order valence-electron chi connectivity index (χ4n) is 1.98. The first-order chi connectivity index (χ1) is 9.84. The summed E-state index contributed by atoms with van der Waals surface area (Å²) in [5.41, 5.74) is 0.108. The molecule has 9 heteroatoms. The summed E-state index contributed by atoms with van der Waals surface area (Å²) in [4.78, 5) is -0.0367. The molecule has 0 radical (unpaired) electrons. The van der Waals surface area contributed by atoms with Crippen molar-refractivity contribution in [1.29, 1.82) is 0 Å². The highest BCUT2D eigenvalue weighted by Crippen LogP contribution is 2.22. The third-order valence-electron chi connectivity index (χ3n) is 3.24. The van der Waals surface area contributed by atoms with Crippen molar-refractivity contribution in [3.8, 4) is 0 Å². The molecular weight excluding hydrogens is 297 g/mol. The Hall–Kier alpha value is -1.87. The van der Waals surface area contributed by atoms with Crippen molar-refractivity contribution in [2.75, 3.05) is 13.6 Å². The molecule has 0 aliphatic carbocycles. The summed E-state index contributed by atoms with van der Waals surface area (Å²) in [6.45, 7) is 3.39. The highest BCUT2D eigenvalue weighted by Gasteiger charge is 2.26. The maximum absolute atomic E-state index is 13.5. The van der Waals surface area contributed by atoms with Crippen molar-refractivity contribution in [1.82, 2.24) is 24.9 Å². The molecule has 1 N–H and O–H groups in total. The molecule has 0 amide bonds. The van der Waals surface area contributed by atoms with Gasteiger partial charge in [0.1, 0.15) is 5.82 Å². The van der Waals surface area contributed by atoms with E-state index in [2.05, 4.69) is 20.6 Å². The average molecular weight is 313 g/mol. The van der Waals surface area contributed by atoms with E-state index < -0.39 is 15.8 Å². The molecular formula is C12H16FN5O2S. The number of rotatable bonds is 5. The molecule has 1 aromatic heterocycles. The molecule has 1 atom stereocenters. The lowest BCUT2D eigenvalue weighted by Gasteiger charge is -2.20. The van der Waals surface area contributed by atoms with Crippen molar-refractivity contribution < 1.29 is 12.8 Å². The summed E-state index contributed by atoms with van der Waals surface area (Å²) < 4.78 is 39.7. The van der Waals surface area contributed by atoms with Crippen LogP contribution >= 0.6 is 0 Å². The highest BCUT2D eigenvalue weighted by molar-refractivity contribution is 7.89. The van der Waals surface area contributed by atoms with Crippen LogP contribution < -0.4 is 0 Å². The second-order valence-electron chi connectivity index (χ2n) is 4.82. The average Bonchev–Trinajstić information content (AvgIpc) is 2.95. The van der Waals surface area contributed by atoms with Gasteiger partial charge in [0.2, 0.25) is 10.0 Å². The van der Waals surface area contributed by atoms with Gasteiger partial charge in [-0.05, 0) is 19.1 Å². The number of nitrogens with one attached hydrogen (secondary N) is 1. The van der Waals surface area contributed by atoms with Gasteiger partial charge in [-0.2, -0.15) is 5.21 Å². The molecule has 21 heavy (non-hydrogen) atoms. The van der Waals surface area contributed by atoms with E-state index in [1.165, 1.54) is 32.2 Å². The molecule has 1 heterocycles. The van der Waals surface area contributed by atoms with Crippen LogP contribution in [-0.4, -0.2) is 46.9 Å². The Kier molecular flexibility index (Phi) is 4.33. The Morgan fingerprint density at radius 3 is 2.76 bits per heavy atom. The van der Waals surface area contributed by atoms with Crippen LogP contribution in [0.25, 0.3) is 0 Å². The van der Waals surface area contributed by atoms with Gasteiger partial charge in [0, 0.05) is 25.1 Å². The van der Waals surface area contributed by atoms with Gasteiger partial charge in [0.05, 0.1) is 4.90 Å². The Labute approximate surface area is 122 Å². The smallest absolute Gasteiger partial charge is 0.207 e. The quantitative estimate of drug-likeness (QED) is 0.891. The van der Waals surface area contributed by atoms with Gasteiger partial charge in [0.25, 0.3) is 0 Å². The molecule has 2 rings (SSSR count). The van der Waals surface area contributed by atoms with Crippen molar-refractivity contribution in [2.45, 2.75) is 24.7 Å². The van der Waals surface area contributed by atoms with E-state index >= 15 is 0 Å². The molecule has 0 saturated carbocycles. The first-order valence-corrected chi connectivity index (χ1v) is 7.73. The Morgan fingerprint density at radius 1 is 1.43 bits per heavy atom. The second-order valence-corrected chi connectivity index (χ2v) is 6.83. The molecule has 0 saturated heterocycles. The maximum Gasteiger partial charge on any atom is 0.243 e. The maximum atomic E-state index is 13.5. The van der Waals surface area contributed by atoms with Crippen molar-refractivity contribution in [2.24, 2.45) is 0 Å². The molecule has 0 fully saturated rings. The normalized spacial score (nSPS) is 13.6. The zero-order valence-electron chi connectivity index (χ0n) is 11.9. The lowest BCUT2D eigenvalue weighted by atomic mass is 10.2. The Balaban J connectivity index is 2.25. The van der Waals surface area contributed by atoms with E-state index in [0.29, 0.717) is 5.82 Å². The fourth-order valence-corrected chi connectivity index (χ4v) is 3.47. The van der Waals surface area contributed by atoms with Gasteiger partial charge in [-0.1, -0.05) is 18.2 Å². The molecule has 0 spiro atoms. The molecule has 0 aliphatic heterocycles. The van der Waals surface area contributed by atoms with Crippen LogP contribution in [0.5, 0.6) is 0 Å². The molecule has 0 bridgehead atoms. The molecule has 7 nitrogen and oxygen atoms in total. The fraction of sp³-hybridized carbons (Fsp3) is 0.417. The first-order valence-electron chi connectivity index (χ1n) is 6.29. The molecule has 0 unspecified atom stereocenters. The van der Waals surface area contributed by atoms with E-state index in [-0.39, 0.29) is 22.9 Å². The van der Waals surface area contributed by atoms with Gasteiger partial charge in [-0.3, -0.25) is 0 Å². The van der Waals surface area contributed by atoms with Gasteiger partial charge in [-0.15, -0.1) is 10.2 Å². The van der Waals surface area contributed by atoms with E-state index in [1.54, 1.807) is 6.92 Å². The third kappa shape index (κ3) is 3.08. The van der Waals surface area contributed by atoms with Crippen LogP contribution in [0.15, 0.2) is 23.1 Å². The van der Waals surface area contributed by atoms with Crippen molar-refractivity contribution in [3.63, 3.8) is 0 Å². The van der Waals surface area contributed by atoms with Crippen LogP contribution in [0, 0.1) is 12.7 Å².